The first kappa shape index (κ1) is 18.9. The molecule has 0 radical (unpaired) electrons. The van der Waals surface area contributed by atoms with E-state index in [0.717, 1.165) is 11.1 Å². The number of rotatable bonds is 3. The third-order valence-corrected chi connectivity index (χ3v) is 5.25. The van der Waals surface area contributed by atoms with E-state index in [9.17, 15) is 14.0 Å². The van der Waals surface area contributed by atoms with Crippen molar-refractivity contribution in [2.75, 3.05) is 5.32 Å². The Balaban J connectivity index is 1.78. The van der Waals surface area contributed by atoms with Gasteiger partial charge in [-0.2, -0.15) is 5.10 Å². The minimum Gasteiger partial charge on any atom is -0.339 e. The molecule has 1 aliphatic heterocycles. The van der Waals surface area contributed by atoms with Gasteiger partial charge in [-0.25, -0.2) is 4.39 Å². The highest BCUT2D eigenvalue weighted by Crippen LogP contribution is 2.39. The molecule has 2 heterocycles. The van der Waals surface area contributed by atoms with E-state index >= 15 is 0 Å². The summed E-state index contributed by atoms with van der Waals surface area (Å²) in [7, 11) is 1.74. The number of hydrogen-bond donors (Lipinski definition) is 2. The fourth-order valence-electron chi connectivity index (χ4n) is 3.85. The molecular formula is C22H21FN4O2. The van der Waals surface area contributed by atoms with E-state index in [1.807, 2.05) is 26.0 Å². The molecule has 6 nitrogen and oxygen atoms in total. The first-order chi connectivity index (χ1) is 13.8. The van der Waals surface area contributed by atoms with Crippen molar-refractivity contribution in [3.8, 4) is 0 Å². The quantitative estimate of drug-likeness (QED) is 0.719. The predicted molar refractivity (Wildman–Crippen MR) is 107 cm³/mol. The summed E-state index contributed by atoms with van der Waals surface area (Å²) in [6.45, 7) is 3.77. The Bertz CT molecular complexity index is 1100. The van der Waals surface area contributed by atoms with Crippen molar-refractivity contribution in [2.24, 2.45) is 7.05 Å². The zero-order chi connectivity index (χ0) is 20.7. The number of aryl methyl sites for hydroxylation is 3. The third-order valence-electron chi connectivity index (χ3n) is 5.25. The Labute approximate surface area is 167 Å². The van der Waals surface area contributed by atoms with Gasteiger partial charge in [-0.3, -0.25) is 14.3 Å². The van der Waals surface area contributed by atoms with Crippen LogP contribution in [0.15, 0.2) is 48.5 Å². The number of hydrogen-bond acceptors (Lipinski definition) is 3. The van der Waals surface area contributed by atoms with Gasteiger partial charge in [-0.05, 0) is 43.7 Å². The standard InChI is InChI=1S/C22H21FN4O2/c1-12-7-9-14(10-8-12)21(28)24-19-18(15-5-4-6-16(23)11-15)17-13(2)26-27(3)20(17)25-22(19)29/h4-11,18-19H,1-3H3,(H,24,28)(H,25,29). The van der Waals surface area contributed by atoms with Crippen LogP contribution in [0.2, 0.25) is 0 Å². The van der Waals surface area contributed by atoms with Crippen molar-refractivity contribution >= 4 is 17.6 Å². The predicted octanol–water partition coefficient (Wildman–Crippen LogP) is 3.06. The number of carbonyl (C=O) groups excluding carboxylic acids is 2. The molecule has 29 heavy (non-hydrogen) atoms. The summed E-state index contributed by atoms with van der Waals surface area (Å²) in [6, 6.07) is 12.3. The second-order valence-corrected chi connectivity index (χ2v) is 7.31. The lowest BCUT2D eigenvalue weighted by Gasteiger charge is -2.32. The van der Waals surface area contributed by atoms with Crippen LogP contribution in [-0.2, 0) is 11.8 Å². The molecule has 1 aliphatic rings. The maximum absolute atomic E-state index is 14.0. The van der Waals surface area contributed by atoms with Crippen molar-refractivity contribution in [3.05, 3.63) is 82.3 Å². The number of nitrogens with one attached hydrogen (secondary N) is 2. The molecule has 4 rings (SSSR count). The van der Waals surface area contributed by atoms with Gasteiger partial charge in [0.15, 0.2) is 0 Å². The van der Waals surface area contributed by atoms with Gasteiger partial charge in [0, 0.05) is 24.1 Å². The molecule has 0 saturated heterocycles. The fraction of sp³-hybridized carbons (Fsp3) is 0.227. The molecular weight excluding hydrogens is 371 g/mol. The van der Waals surface area contributed by atoms with E-state index in [2.05, 4.69) is 15.7 Å². The topological polar surface area (TPSA) is 76.0 Å². The lowest BCUT2D eigenvalue weighted by molar-refractivity contribution is -0.118. The fourth-order valence-corrected chi connectivity index (χ4v) is 3.85. The van der Waals surface area contributed by atoms with E-state index in [1.54, 1.807) is 36.0 Å². The van der Waals surface area contributed by atoms with Crippen LogP contribution >= 0.6 is 0 Å². The first-order valence-corrected chi connectivity index (χ1v) is 9.32. The van der Waals surface area contributed by atoms with Crippen molar-refractivity contribution in [1.82, 2.24) is 15.1 Å². The van der Waals surface area contributed by atoms with Crippen LogP contribution in [0.1, 0.15) is 38.7 Å². The highest BCUT2D eigenvalue weighted by molar-refractivity contribution is 6.03. The maximum Gasteiger partial charge on any atom is 0.251 e. The van der Waals surface area contributed by atoms with Crippen LogP contribution in [0.25, 0.3) is 0 Å². The van der Waals surface area contributed by atoms with E-state index in [4.69, 9.17) is 0 Å². The second kappa shape index (κ2) is 7.16. The Morgan fingerprint density at radius 1 is 1.17 bits per heavy atom. The van der Waals surface area contributed by atoms with Gasteiger partial charge in [0.1, 0.15) is 17.7 Å². The molecule has 2 aromatic carbocycles. The summed E-state index contributed by atoms with van der Waals surface area (Å²) >= 11 is 0. The minimum absolute atomic E-state index is 0.364. The zero-order valence-corrected chi connectivity index (χ0v) is 16.4. The number of anilines is 1. The summed E-state index contributed by atoms with van der Waals surface area (Å²) < 4.78 is 15.6. The molecule has 148 valence electrons. The molecule has 1 aromatic heterocycles. The Morgan fingerprint density at radius 3 is 2.59 bits per heavy atom. The smallest absolute Gasteiger partial charge is 0.251 e. The molecule has 2 atom stereocenters. The molecule has 2 amide bonds. The van der Waals surface area contributed by atoms with E-state index in [0.29, 0.717) is 22.6 Å². The molecule has 0 spiro atoms. The zero-order valence-electron chi connectivity index (χ0n) is 16.4. The highest BCUT2D eigenvalue weighted by atomic mass is 19.1. The van der Waals surface area contributed by atoms with Crippen molar-refractivity contribution in [2.45, 2.75) is 25.8 Å². The molecule has 3 aromatic rings. The van der Waals surface area contributed by atoms with Crippen LogP contribution in [0, 0.1) is 19.7 Å². The summed E-state index contributed by atoms with van der Waals surface area (Å²) in [4.78, 5) is 25.8. The number of carbonyl (C=O) groups is 2. The highest BCUT2D eigenvalue weighted by Gasteiger charge is 2.41. The Kier molecular flexibility index (Phi) is 4.66. The van der Waals surface area contributed by atoms with Crippen molar-refractivity contribution < 1.29 is 14.0 Å². The van der Waals surface area contributed by atoms with E-state index in [1.165, 1.54) is 12.1 Å². The van der Waals surface area contributed by atoms with Gasteiger partial charge in [0.05, 0.1) is 5.69 Å². The Hall–Kier alpha value is -3.48. The van der Waals surface area contributed by atoms with Gasteiger partial charge in [-0.1, -0.05) is 29.8 Å². The van der Waals surface area contributed by atoms with Crippen LogP contribution in [-0.4, -0.2) is 27.6 Å². The SMILES string of the molecule is Cc1ccc(C(=O)NC2C(=O)Nc3c(c(C)nn3C)C2c2cccc(F)c2)cc1. The lowest BCUT2D eigenvalue weighted by atomic mass is 9.82. The Morgan fingerprint density at radius 2 is 1.90 bits per heavy atom. The van der Waals surface area contributed by atoms with E-state index < -0.39 is 17.8 Å². The molecule has 7 heteroatoms. The lowest BCUT2D eigenvalue weighted by Crippen LogP contribution is -2.50. The minimum atomic E-state index is -0.902. The number of fused-ring (bicyclic) bond motifs is 1. The number of benzene rings is 2. The molecule has 2 N–H and O–H groups in total. The van der Waals surface area contributed by atoms with Crippen LogP contribution in [0.5, 0.6) is 0 Å². The van der Waals surface area contributed by atoms with Crippen molar-refractivity contribution in [1.29, 1.82) is 0 Å². The van der Waals surface area contributed by atoms with Gasteiger partial charge in [0.2, 0.25) is 5.91 Å². The largest absolute Gasteiger partial charge is 0.339 e. The van der Waals surface area contributed by atoms with Crippen LogP contribution in [0.4, 0.5) is 10.2 Å². The third kappa shape index (κ3) is 3.40. The molecule has 0 bridgehead atoms. The summed E-state index contributed by atoms with van der Waals surface area (Å²) in [5.41, 5.74) is 3.57. The van der Waals surface area contributed by atoms with Crippen LogP contribution in [0.3, 0.4) is 0 Å². The normalized spacial score (nSPS) is 18.1. The van der Waals surface area contributed by atoms with Gasteiger partial charge in [-0.15, -0.1) is 0 Å². The average molecular weight is 392 g/mol. The number of halogens is 1. The number of nitrogens with zero attached hydrogens (tertiary/aromatic N) is 2. The molecule has 0 saturated carbocycles. The average Bonchev–Trinajstić information content (AvgIpc) is 2.96. The summed E-state index contributed by atoms with van der Waals surface area (Å²) in [6.07, 6.45) is 0. The number of amides is 2. The summed E-state index contributed by atoms with van der Waals surface area (Å²) in [5.74, 6) is -1.13. The van der Waals surface area contributed by atoms with Crippen molar-refractivity contribution in [3.63, 3.8) is 0 Å². The van der Waals surface area contributed by atoms with E-state index in [-0.39, 0.29) is 11.8 Å². The molecule has 2 unspecified atom stereocenters. The van der Waals surface area contributed by atoms with Gasteiger partial charge in [0.25, 0.3) is 5.91 Å². The van der Waals surface area contributed by atoms with Crippen LogP contribution < -0.4 is 10.6 Å². The monoisotopic (exact) mass is 392 g/mol. The van der Waals surface area contributed by atoms with Gasteiger partial charge < -0.3 is 10.6 Å². The first-order valence-electron chi connectivity index (χ1n) is 9.32. The number of aromatic nitrogens is 2. The molecule has 0 fully saturated rings. The molecule has 0 aliphatic carbocycles. The summed E-state index contributed by atoms with van der Waals surface area (Å²) in [5, 5.41) is 10.1. The van der Waals surface area contributed by atoms with Gasteiger partial charge >= 0.3 is 0 Å². The maximum atomic E-state index is 14.0. The second-order valence-electron chi connectivity index (χ2n) is 7.31.